The maximum atomic E-state index is 13.9. The van der Waals surface area contributed by atoms with Gasteiger partial charge in [0.15, 0.2) is 0 Å². The van der Waals surface area contributed by atoms with Gasteiger partial charge < -0.3 is 0 Å². The fourth-order valence-corrected chi connectivity index (χ4v) is 2.34. The summed E-state index contributed by atoms with van der Waals surface area (Å²) >= 11 is 5.84. The number of halogens is 2. The first-order valence-corrected chi connectivity index (χ1v) is 6.21. The minimum absolute atomic E-state index is 0.000926. The highest BCUT2D eigenvalue weighted by Gasteiger charge is 2.38. The van der Waals surface area contributed by atoms with E-state index in [0.29, 0.717) is 10.7 Å². The van der Waals surface area contributed by atoms with Gasteiger partial charge in [0.1, 0.15) is 5.82 Å². The topological polar surface area (TPSA) is 50.3 Å². The Bertz CT molecular complexity index is 733. The summed E-state index contributed by atoms with van der Waals surface area (Å²) in [4.78, 5) is 28.9. The maximum Gasteiger partial charge on any atom is 0.299 e. The largest absolute Gasteiger partial charge is 0.299 e. The van der Waals surface area contributed by atoms with Crippen LogP contribution in [0.3, 0.4) is 0 Å². The van der Waals surface area contributed by atoms with Crippen LogP contribution in [0.1, 0.15) is 16.1 Å². The molecule has 2 heterocycles. The fraction of sp³-hybridized carbons (Fsp3) is 0.0714. The lowest BCUT2D eigenvalue weighted by molar-refractivity contribution is -0.114. The van der Waals surface area contributed by atoms with E-state index in [1.165, 1.54) is 24.4 Å². The molecule has 6 heteroatoms. The lowest BCUT2D eigenvalue weighted by Crippen LogP contribution is -2.29. The summed E-state index contributed by atoms with van der Waals surface area (Å²) in [5.74, 6) is -2.07. The molecule has 1 aliphatic rings. The van der Waals surface area contributed by atoms with Gasteiger partial charge in [-0.2, -0.15) is 0 Å². The van der Waals surface area contributed by atoms with E-state index in [1.54, 1.807) is 12.1 Å². The van der Waals surface area contributed by atoms with E-state index in [1.807, 2.05) is 0 Å². The molecule has 1 amide bonds. The molecule has 0 N–H and O–H groups in total. The standard InChI is InChI=1S/C14H8ClFN2O2/c15-8-4-5-17-9(6-8)7-18-12-10(13(19)14(18)20)2-1-3-11(12)16/h1-6H,7H2. The van der Waals surface area contributed by atoms with Crippen LogP contribution in [0.15, 0.2) is 36.5 Å². The molecule has 0 radical (unpaired) electrons. The third kappa shape index (κ3) is 1.96. The van der Waals surface area contributed by atoms with Gasteiger partial charge in [0.25, 0.3) is 11.7 Å². The number of benzene rings is 1. The van der Waals surface area contributed by atoms with Gasteiger partial charge in [-0.25, -0.2) is 4.39 Å². The molecule has 0 spiro atoms. The number of carbonyl (C=O) groups is 2. The first kappa shape index (κ1) is 12.7. The number of aromatic nitrogens is 1. The monoisotopic (exact) mass is 290 g/mol. The highest BCUT2D eigenvalue weighted by atomic mass is 35.5. The second kappa shape index (κ2) is 4.68. The van der Waals surface area contributed by atoms with Gasteiger partial charge in [0, 0.05) is 11.2 Å². The Kier molecular flexibility index (Phi) is 2.99. The van der Waals surface area contributed by atoms with Crippen LogP contribution in [0, 0.1) is 5.82 Å². The SMILES string of the molecule is O=C1C(=O)N(Cc2cc(Cl)ccn2)c2c(F)cccc21. The first-order valence-electron chi connectivity index (χ1n) is 5.83. The zero-order valence-electron chi connectivity index (χ0n) is 10.1. The summed E-state index contributed by atoms with van der Waals surface area (Å²) in [7, 11) is 0. The smallest absolute Gasteiger partial charge is 0.296 e. The Morgan fingerprint density at radius 1 is 1.25 bits per heavy atom. The highest BCUT2D eigenvalue weighted by molar-refractivity contribution is 6.52. The van der Waals surface area contributed by atoms with E-state index in [9.17, 15) is 14.0 Å². The normalized spacial score (nSPS) is 13.8. The molecular weight excluding hydrogens is 283 g/mol. The molecule has 0 aliphatic carbocycles. The van der Waals surface area contributed by atoms with E-state index in [-0.39, 0.29) is 17.8 Å². The molecule has 4 nitrogen and oxygen atoms in total. The average Bonchev–Trinajstić information content (AvgIpc) is 2.66. The number of hydrogen-bond donors (Lipinski definition) is 0. The summed E-state index contributed by atoms with van der Waals surface area (Å²) in [5.41, 5.74) is 0.566. The van der Waals surface area contributed by atoms with Gasteiger partial charge in [-0.1, -0.05) is 17.7 Å². The number of rotatable bonds is 2. The molecule has 1 aliphatic heterocycles. The Hall–Kier alpha value is -2.27. The zero-order valence-corrected chi connectivity index (χ0v) is 10.9. The van der Waals surface area contributed by atoms with Crippen molar-refractivity contribution in [2.45, 2.75) is 6.54 Å². The zero-order chi connectivity index (χ0) is 14.3. The minimum Gasteiger partial charge on any atom is -0.296 e. The van der Waals surface area contributed by atoms with Crippen LogP contribution in [-0.4, -0.2) is 16.7 Å². The molecule has 0 bridgehead atoms. The Labute approximate surface area is 118 Å². The summed E-state index contributed by atoms with van der Waals surface area (Å²) < 4.78 is 13.9. The predicted molar refractivity (Wildman–Crippen MR) is 71.2 cm³/mol. The van der Waals surface area contributed by atoms with E-state index in [0.717, 1.165) is 4.90 Å². The molecule has 3 rings (SSSR count). The van der Waals surface area contributed by atoms with Gasteiger partial charge in [0.05, 0.1) is 23.5 Å². The summed E-state index contributed by atoms with van der Waals surface area (Å²) in [6.07, 6.45) is 1.49. The van der Waals surface area contributed by atoms with Gasteiger partial charge in [-0.05, 0) is 24.3 Å². The van der Waals surface area contributed by atoms with Crippen molar-refractivity contribution in [3.05, 3.63) is 58.6 Å². The number of nitrogens with zero attached hydrogens (tertiary/aromatic N) is 2. The lowest BCUT2D eigenvalue weighted by Gasteiger charge is -2.16. The number of hydrogen-bond acceptors (Lipinski definition) is 3. The molecule has 1 aromatic heterocycles. The van der Waals surface area contributed by atoms with Crippen molar-refractivity contribution in [1.29, 1.82) is 0 Å². The van der Waals surface area contributed by atoms with Crippen LogP contribution in [0.4, 0.5) is 10.1 Å². The number of ketones is 1. The molecule has 0 unspecified atom stereocenters. The van der Waals surface area contributed by atoms with E-state index < -0.39 is 17.5 Å². The molecule has 0 fully saturated rings. The van der Waals surface area contributed by atoms with Crippen molar-refractivity contribution in [1.82, 2.24) is 4.98 Å². The molecule has 0 atom stereocenters. The summed E-state index contributed by atoms with van der Waals surface area (Å²) in [6.45, 7) is -0.000926. The number of pyridine rings is 1. The second-order valence-electron chi connectivity index (χ2n) is 4.32. The molecule has 0 saturated heterocycles. The Morgan fingerprint density at radius 2 is 2.05 bits per heavy atom. The van der Waals surface area contributed by atoms with Crippen LogP contribution in [0.2, 0.25) is 5.02 Å². The third-order valence-electron chi connectivity index (χ3n) is 3.04. The van der Waals surface area contributed by atoms with Crippen LogP contribution >= 0.6 is 11.6 Å². The van der Waals surface area contributed by atoms with Crippen LogP contribution in [0.25, 0.3) is 0 Å². The van der Waals surface area contributed by atoms with Crippen LogP contribution < -0.4 is 4.90 Å². The highest BCUT2D eigenvalue weighted by Crippen LogP contribution is 2.32. The van der Waals surface area contributed by atoms with E-state index >= 15 is 0 Å². The number of para-hydroxylation sites is 1. The summed E-state index contributed by atoms with van der Waals surface area (Å²) in [5, 5.41) is 0.460. The van der Waals surface area contributed by atoms with Crippen LogP contribution in [0.5, 0.6) is 0 Å². The van der Waals surface area contributed by atoms with Gasteiger partial charge in [0.2, 0.25) is 0 Å². The molecule has 2 aromatic rings. The average molecular weight is 291 g/mol. The van der Waals surface area contributed by atoms with Crippen molar-refractivity contribution in [2.75, 3.05) is 4.90 Å². The molecular formula is C14H8ClFN2O2. The van der Waals surface area contributed by atoms with Gasteiger partial charge >= 0.3 is 0 Å². The van der Waals surface area contributed by atoms with Gasteiger partial charge in [-0.3, -0.25) is 19.5 Å². The fourth-order valence-electron chi connectivity index (χ4n) is 2.16. The number of Topliss-reactive ketones (excluding diaryl/α,β-unsaturated/α-hetero) is 1. The molecule has 0 saturated carbocycles. The quantitative estimate of drug-likeness (QED) is 0.799. The number of anilines is 1. The molecule has 20 heavy (non-hydrogen) atoms. The molecule has 1 aromatic carbocycles. The Balaban J connectivity index is 2.03. The first-order chi connectivity index (χ1) is 9.58. The number of amides is 1. The van der Waals surface area contributed by atoms with Crippen molar-refractivity contribution >= 4 is 29.0 Å². The number of fused-ring (bicyclic) bond motifs is 1. The minimum atomic E-state index is -0.758. The van der Waals surface area contributed by atoms with Crippen LogP contribution in [-0.2, 0) is 11.3 Å². The summed E-state index contributed by atoms with van der Waals surface area (Å²) in [6, 6.07) is 7.21. The second-order valence-corrected chi connectivity index (χ2v) is 4.76. The van der Waals surface area contributed by atoms with Crippen molar-refractivity contribution < 1.29 is 14.0 Å². The van der Waals surface area contributed by atoms with Crippen molar-refractivity contribution in [3.8, 4) is 0 Å². The van der Waals surface area contributed by atoms with E-state index in [2.05, 4.69) is 4.98 Å². The van der Waals surface area contributed by atoms with Gasteiger partial charge in [-0.15, -0.1) is 0 Å². The molecule has 100 valence electrons. The Morgan fingerprint density at radius 3 is 2.80 bits per heavy atom. The van der Waals surface area contributed by atoms with Crippen molar-refractivity contribution in [3.63, 3.8) is 0 Å². The van der Waals surface area contributed by atoms with E-state index in [4.69, 9.17) is 11.6 Å². The predicted octanol–water partition coefficient (Wildman–Crippen LogP) is 2.60. The number of carbonyl (C=O) groups excluding carboxylic acids is 2. The van der Waals surface area contributed by atoms with Crippen molar-refractivity contribution in [2.24, 2.45) is 0 Å². The third-order valence-corrected chi connectivity index (χ3v) is 3.27. The lowest BCUT2D eigenvalue weighted by atomic mass is 10.1. The maximum absolute atomic E-state index is 13.9.